The highest BCUT2D eigenvalue weighted by Crippen LogP contribution is 2.34. The number of hydrogen-bond donors (Lipinski definition) is 2. The molecule has 0 saturated heterocycles. The zero-order valence-electron chi connectivity index (χ0n) is 18.2. The normalized spacial score (nSPS) is 17.7. The van der Waals surface area contributed by atoms with Crippen molar-refractivity contribution in [2.75, 3.05) is 18.5 Å². The highest BCUT2D eigenvalue weighted by Gasteiger charge is 2.32. The lowest BCUT2D eigenvalue weighted by Crippen LogP contribution is -2.44. The number of likely N-dealkylation sites (N-methyl/N-ethyl adjacent to an activating group) is 1. The third kappa shape index (κ3) is 5.81. The molecular formula is C23H24Cl2F3N3O2. The first-order valence-electron chi connectivity index (χ1n) is 10.2. The molecule has 2 aromatic carbocycles. The number of nitrogens with zero attached hydrogens (tertiary/aromatic N) is 3. The largest absolute Gasteiger partial charge is 0.416 e. The van der Waals surface area contributed by atoms with Crippen LogP contribution in [0.1, 0.15) is 25.0 Å². The molecule has 1 aliphatic rings. The van der Waals surface area contributed by atoms with Gasteiger partial charge in [-0.05, 0) is 48.4 Å². The van der Waals surface area contributed by atoms with E-state index in [1.165, 1.54) is 29.2 Å². The van der Waals surface area contributed by atoms with E-state index in [2.05, 4.69) is 4.99 Å². The number of aliphatic hydroxyl groups is 2. The third-order valence-electron chi connectivity index (χ3n) is 5.28. The number of hydrogen-bond acceptors (Lipinski definition) is 5. The van der Waals surface area contributed by atoms with Crippen molar-refractivity contribution >= 4 is 34.7 Å². The third-order valence-corrected chi connectivity index (χ3v) is 5.83. The number of anilines is 1. The van der Waals surface area contributed by atoms with Crippen molar-refractivity contribution < 1.29 is 23.4 Å². The minimum atomic E-state index is -4.48. The quantitative estimate of drug-likeness (QED) is 0.557. The lowest BCUT2D eigenvalue weighted by Gasteiger charge is -2.36. The van der Waals surface area contributed by atoms with Gasteiger partial charge in [-0.2, -0.15) is 13.2 Å². The van der Waals surface area contributed by atoms with Gasteiger partial charge in [0.2, 0.25) is 0 Å². The summed E-state index contributed by atoms with van der Waals surface area (Å²) < 4.78 is 39.1. The Kier molecular flexibility index (Phi) is 7.63. The van der Waals surface area contributed by atoms with Crippen LogP contribution in [0, 0.1) is 5.92 Å². The average Bonchev–Trinajstić information content (AvgIpc) is 2.72. The molecule has 0 spiro atoms. The van der Waals surface area contributed by atoms with Crippen LogP contribution in [0.25, 0.3) is 0 Å². The molecule has 0 aromatic heterocycles. The van der Waals surface area contributed by atoms with Crippen LogP contribution in [0.3, 0.4) is 0 Å². The maximum atomic E-state index is 13.0. The molecule has 10 heteroatoms. The van der Waals surface area contributed by atoms with Crippen LogP contribution in [0.15, 0.2) is 59.4 Å². The van der Waals surface area contributed by atoms with Crippen LogP contribution in [0.5, 0.6) is 0 Å². The number of rotatable bonds is 6. The molecule has 33 heavy (non-hydrogen) atoms. The van der Waals surface area contributed by atoms with Crippen molar-refractivity contribution in [3.63, 3.8) is 0 Å². The maximum Gasteiger partial charge on any atom is 0.416 e. The van der Waals surface area contributed by atoms with Gasteiger partial charge < -0.3 is 15.1 Å². The van der Waals surface area contributed by atoms with E-state index in [1.54, 1.807) is 24.1 Å². The zero-order chi connectivity index (χ0) is 24.5. The Balaban J connectivity index is 2.06. The number of aliphatic hydroxyl groups excluding tert-OH is 2. The van der Waals surface area contributed by atoms with Crippen molar-refractivity contribution in [2.24, 2.45) is 10.9 Å². The van der Waals surface area contributed by atoms with Gasteiger partial charge in [-0.3, -0.25) is 4.90 Å². The molecule has 2 unspecified atom stereocenters. The molecule has 1 heterocycles. The van der Waals surface area contributed by atoms with Crippen LogP contribution in [-0.4, -0.2) is 46.9 Å². The number of alkyl halides is 3. The number of amidine groups is 1. The topological polar surface area (TPSA) is 59.3 Å². The van der Waals surface area contributed by atoms with E-state index in [1.807, 2.05) is 13.8 Å². The smallest absolute Gasteiger partial charge is 0.391 e. The van der Waals surface area contributed by atoms with Gasteiger partial charge in [0.05, 0.1) is 16.7 Å². The maximum absolute atomic E-state index is 13.0. The lowest BCUT2D eigenvalue weighted by atomic mass is 10.1. The number of aliphatic imine (C=N–C) groups is 1. The molecular weight excluding hydrogens is 478 g/mol. The Hall–Kier alpha value is -2.26. The van der Waals surface area contributed by atoms with Crippen LogP contribution in [0.2, 0.25) is 10.0 Å². The van der Waals surface area contributed by atoms with E-state index in [9.17, 15) is 23.4 Å². The summed E-state index contributed by atoms with van der Waals surface area (Å²) in [4.78, 5) is 7.72. The summed E-state index contributed by atoms with van der Waals surface area (Å²) in [5, 5.41) is 21.9. The van der Waals surface area contributed by atoms with Crippen molar-refractivity contribution in [3.8, 4) is 0 Å². The summed E-state index contributed by atoms with van der Waals surface area (Å²) in [6, 6.07) is 9.14. The molecule has 0 amide bonds. The first-order valence-corrected chi connectivity index (χ1v) is 10.9. The fourth-order valence-corrected chi connectivity index (χ4v) is 3.77. The molecule has 3 rings (SSSR count). The minimum Gasteiger partial charge on any atom is -0.391 e. The highest BCUT2D eigenvalue weighted by atomic mass is 35.5. The molecule has 2 atom stereocenters. The van der Waals surface area contributed by atoms with Crippen molar-refractivity contribution in [1.29, 1.82) is 0 Å². The van der Waals surface area contributed by atoms with E-state index < -0.39 is 24.1 Å². The average molecular weight is 502 g/mol. The Bertz CT molecular complexity index is 1060. The van der Waals surface area contributed by atoms with E-state index >= 15 is 0 Å². The van der Waals surface area contributed by atoms with Gasteiger partial charge in [-0.25, -0.2) is 4.99 Å². The van der Waals surface area contributed by atoms with Crippen molar-refractivity contribution in [2.45, 2.75) is 32.4 Å². The summed E-state index contributed by atoms with van der Waals surface area (Å²) in [5.74, 6) is 0.623. The van der Waals surface area contributed by atoms with Gasteiger partial charge in [0, 0.05) is 35.9 Å². The first-order chi connectivity index (χ1) is 15.4. The Morgan fingerprint density at radius 3 is 2.30 bits per heavy atom. The number of benzene rings is 2. The summed E-state index contributed by atoms with van der Waals surface area (Å²) in [5.41, 5.74) is -0.0803. The highest BCUT2D eigenvalue weighted by molar-refractivity contribution is 6.37. The summed E-state index contributed by atoms with van der Waals surface area (Å²) in [7, 11) is 1.72. The summed E-state index contributed by atoms with van der Waals surface area (Å²) in [6.45, 7) is 4.04. The SMILES string of the molecule is CC(C)C(O)CN(C)C1=CC(O)N(c2ccc(C(F)(F)F)cc2)C(c2ccc(Cl)cc2Cl)=N1. The lowest BCUT2D eigenvalue weighted by molar-refractivity contribution is -0.137. The molecule has 0 radical (unpaired) electrons. The van der Waals surface area contributed by atoms with E-state index in [0.717, 1.165) is 12.1 Å². The molecule has 178 valence electrons. The second kappa shape index (κ2) is 9.93. The molecule has 2 aromatic rings. The van der Waals surface area contributed by atoms with E-state index in [-0.39, 0.29) is 23.3 Å². The predicted octanol–water partition coefficient (Wildman–Crippen LogP) is 5.39. The molecule has 0 aliphatic carbocycles. The minimum absolute atomic E-state index is 0.0133. The van der Waals surface area contributed by atoms with Crippen molar-refractivity contribution in [3.05, 3.63) is 75.5 Å². The molecule has 0 saturated carbocycles. The summed E-state index contributed by atoms with van der Waals surface area (Å²) in [6.07, 6.45) is -4.91. The second-order valence-electron chi connectivity index (χ2n) is 8.10. The van der Waals surface area contributed by atoms with Gasteiger partial charge in [-0.1, -0.05) is 37.0 Å². The molecule has 1 aliphatic heterocycles. The van der Waals surface area contributed by atoms with Gasteiger partial charge in [0.25, 0.3) is 0 Å². The summed E-state index contributed by atoms with van der Waals surface area (Å²) >= 11 is 12.4. The fourth-order valence-electron chi connectivity index (χ4n) is 3.28. The first kappa shape index (κ1) is 25.4. The standard InChI is InChI=1S/C23H24Cl2F3N3O2/c1-13(2)19(32)12-30(3)20-11-21(33)31(16-7-4-14(5-8-16)23(26,27)28)22(29-20)17-9-6-15(24)10-18(17)25/h4-11,13,19,21,32-33H,12H2,1-3H3. The van der Waals surface area contributed by atoms with Gasteiger partial charge in [0.15, 0.2) is 6.23 Å². The van der Waals surface area contributed by atoms with Crippen LogP contribution >= 0.6 is 23.2 Å². The molecule has 5 nitrogen and oxygen atoms in total. The monoisotopic (exact) mass is 501 g/mol. The van der Waals surface area contributed by atoms with E-state index in [0.29, 0.717) is 22.1 Å². The Labute approximate surface area is 200 Å². The predicted molar refractivity (Wildman–Crippen MR) is 124 cm³/mol. The van der Waals surface area contributed by atoms with Crippen LogP contribution < -0.4 is 4.90 Å². The van der Waals surface area contributed by atoms with Gasteiger partial charge >= 0.3 is 6.18 Å². The van der Waals surface area contributed by atoms with Gasteiger partial charge in [-0.15, -0.1) is 0 Å². The van der Waals surface area contributed by atoms with E-state index in [4.69, 9.17) is 23.2 Å². The molecule has 0 bridgehead atoms. The fraction of sp³-hybridized carbons (Fsp3) is 0.348. The Morgan fingerprint density at radius 1 is 1.12 bits per heavy atom. The molecule has 2 N–H and O–H groups in total. The second-order valence-corrected chi connectivity index (χ2v) is 8.95. The number of halogens is 5. The van der Waals surface area contributed by atoms with Crippen LogP contribution in [-0.2, 0) is 6.18 Å². The zero-order valence-corrected chi connectivity index (χ0v) is 19.7. The van der Waals surface area contributed by atoms with Gasteiger partial charge in [0.1, 0.15) is 11.7 Å². The molecule has 0 fully saturated rings. The van der Waals surface area contributed by atoms with Crippen molar-refractivity contribution in [1.82, 2.24) is 4.90 Å². The Morgan fingerprint density at radius 2 is 1.76 bits per heavy atom. The van der Waals surface area contributed by atoms with Crippen LogP contribution in [0.4, 0.5) is 18.9 Å².